The topological polar surface area (TPSA) is 17.1 Å². The zero-order valence-corrected chi connectivity index (χ0v) is 11.5. The number of carbonyl (C=O) groups is 1. The van der Waals surface area contributed by atoms with Gasteiger partial charge in [-0.3, -0.25) is 4.79 Å². The summed E-state index contributed by atoms with van der Waals surface area (Å²) < 4.78 is 0. The molecule has 1 fully saturated rings. The lowest BCUT2D eigenvalue weighted by molar-refractivity contribution is 0.0702. The van der Waals surface area contributed by atoms with Crippen molar-refractivity contribution in [2.45, 2.75) is 39.0 Å². The van der Waals surface area contributed by atoms with Crippen LogP contribution < -0.4 is 0 Å². The fraction of sp³-hybridized carbons (Fsp3) is 0.500. The van der Waals surface area contributed by atoms with E-state index in [1.54, 1.807) is 0 Å². The Morgan fingerprint density at radius 3 is 2.89 bits per heavy atom. The molecule has 3 aliphatic rings. The van der Waals surface area contributed by atoms with Crippen LogP contribution in [0.4, 0.5) is 0 Å². The Bertz CT molecular complexity index is 583. The summed E-state index contributed by atoms with van der Waals surface area (Å²) in [6, 6.07) is 6.53. The van der Waals surface area contributed by atoms with Crippen molar-refractivity contribution >= 4 is 5.78 Å². The molecule has 0 aromatic heterocycles. The van der Waals surface area contributed by atoms with E-state index in [2.05, 4.69) is 37.3 Å². The summed E-state index contributed by atoms with van der Waals surface area (Å²) in [5.41, 5.74) is 3.56. The lowest BCUT2D eigenvalue weighted by Gasteiger charge is -2.38. The molecule has 19 heavy (non-hydrogen) atoms. The second-order valence-electron chi connectivity index (χ2n) is 6.52. The summed E-state index contributed by atoms with van der Waals surface area (Å²) in [6.45, 7) is 2.16. The van der Waals surface area contributed by atoms with Crippen molar-refractivity contribution in [1.82, 2.24) is 0 Å². The van der Waals surface area contributed by atoms with Crippen molar-refractivity contribution in [3.63, 3.8) is 0 Å². The quantitative estimate of drug-likeness (QED) is 0.691. The molecule has 1 saturated carbocycles. The molecule has 0 amide bonds. The van der Waals surface area contributed by atoms with Gasteiger partial charge in [-0.15, -0.1) is 0 Å². The predicted molar refractivity (Wildman–Crippen MR) is 76.3 cm³/mol. The highest BCUT2D eigenvalue weighted by molar-refractivity contribution is 6.03. The van der Waals surface area contributed by atoms with E-state index >= 15 is 0 Å². The molecule has 1 heteroatoms. The Hall–Kier alpha value is -1.37. The highest BCUT2D eigenvalue weighted by atomic mass is 16.1. The van der Waals surface area contributed by atoms with E-state index < -0.39 is 0 Å². The summed E-state index contributed by atoms with van der Waals surface area (Å²) in [4.78, 5) is 13.1. The summed E-state index contributed by atoms with van der Waals surface area (Å²) >= 11 is 0. The Labute approximate surface area is 114 Å². The van der Waals surface area contributed by atoms with Crippen molar-refractivity contribution in [2.24, 2.45) is 17.3 Å². The third-order valence-corrected chi connectivity index (χ3v) is 5.63. The zero-order valence-electron chi connectivity index (χ0n) is 11.5. The maximum Gasteiger partial charge on any atom is 0.169 e. The van der Waals surface area contributed by atoms with Gasteiger partial charge in [0.05, 0.1) is 0 Å². The molecule has 0 heterocycles. The van der Waals surface area contributed by atoms with Gasteiger partial charge in [0.15, 0.2) is 5.78 Å². The molecule has 3 unspecified atom stereocenters. The molecule has 1 aromatic carbocycles. The van der Waals surface area contributed by atoms with E-state index in [4.69, 9.17) is 0 Å². The van der Waals surface area contributed by atoms with Gasteiger partial charge in [0, 0.05) is 11.0 Å². The van der Waals surface area contributed by atoms with Crippen LogP contribution in [0.5, 0.6) is 0 Å². The fourth-order valence-corrected chi connectivity index (χ4v) is 4.52. The molecule has 98 valence electrons. The number of hydrogen-bond donors (Lipinski definition) is 0. The van der Waals surface area contributed by atoms with Crippen LogP contribution in [-0.4, -0.2) is 5.78 Å². The standard InChI is InChI=1S/C18H20O/c1-2-12-3-5-14-7-8-18(17(19)16(14)10-12)11-13-4-6-15(18)9-13/h3-6,10,13,15H,2,7-9,11H2,1H3. The number of aryl methyl sites for hydroxylation is 2. The normalized spacial score (nSPS) is 35.1. The molecular formula is C18H20O. The van der Waals surface area contributed by atoms with Crippen LogP contribution in [0.25, 0.3) is 0 Å². The van der Waals surface area contributed by atoms with Crippen LogP contribution in [0.2, 0.25) is 0 Å². The number of hydrogen-bond acceptors (Lipinski definition) is 1. The van der Waals surface area contributed by atoms with Gasteiger partial charge in [-0.25, -0.2) is 0 Å². The summed E-state index contributed by atoms with van der Waals surface area (Å²) in [5.74, 6) is 1.63. The van der Waals surface area contributed by atoms with Crippen molar-refractivity contribution < 1.29 is 4.79 Å². The molecule has 1 aromatic rings. The molecule has 4 rings (SSSR count). The van der Waals surface area contributed by atoms with Gasteiger partial charge in [-0.05, 0) is 61.1 Å². The second kappa shape index (κ2) is 3.82. The van der Waals surface area contributed by atoms with Gasteiger partial charge >= 0.3 is 0 Å². The molecule has 3 atom stereocenters. The van der Waals surface area contributed by atoms with Crippen LogP contribution in [0.1, 0.15) is 47.7 Å². The first-order valence-corrected chi connectivity index (χ1v) is 7.58. The Kier molecular flexibility index (Phi) is 2.30. The first-order chi connectivity index (χ1) is 9.23. The SMILES string of the molecule is CCc1ccc2c(c1)C(=O)C1(CC2)CC2C=CC1C2. The Balaban J connectivity index is 1.80. The number of benzene rings is 1. The largest absolute Gasteiger partial charge is 0.294 e. The number of carbonyl (C=O) groups excluding carboxylic acids is 1. The molecule has 1 nitrogen and oxygen atoms in total. The molecule has 0 radical (unpaired) electrons. The maximum absolute atomic E-state index is 13.1. The van der Waals surface area contributed by atoms with Crippen LogP contribution in [0.3, 0.4) is 0 Å². The number of Topliss-reactive ketones (excluding diaryl/α,β-unsaturated/α-hetero) is 1. The lowest BCUT2D eigenvalue weighted by atomic mass is 9.63. The van der Waals surface area contributed by atoms with Crippen LogP contribution >= 0.6 is 0 Å². The number of fused-ring (bicyclic) bond motifs is 4. The molecule has 0 N–H and O–H groups in total. The first-order valence-electron chi connectivity index (χ1n) is 7.58. The minimum Gasteiger partial charge on any atom is -0.294 e. The Morgan fingerprint density at radius 1 is 1.32 bits per heavy atom. The summed E-state index contributed by atoms with van der Waals surface area (Å²) in [7, 11) is 0. The third kappa shape index (κ3) is 1.45. The minimum atomic E-state index is -0.0429. The van der Waals surface area contributed by atoms with Crippen LogP contribution in [0, 0.1) is 17.3 Å². The van der Waals surface area contributed by atoms with Gasteiger partial charge in [0.25, 0.3) is 0 Å². The lowest BCUT2D eigenvalue weighted by Crippen LogP contribution is -2.39. The van der Waals surface area contributed by atoms with E-state index in [1.165, 1.54) is 17.5 Å². The highest BCUT2D eigenvalue weighted by Crippen LogP contribution is 2.57. The number of rotatable bonds is 1. The van der Waals surface area contributed by atoms with Gasteiger partial charge in [0.1, 0.15) is 0 Å². The Morgan fingerprint density at radius 2 is 2.21 bits per heavy atom. The zero-order chi connectivity index (χ0) is 13.0. The number of allylic oxidation sites excluding steroid dienone is 2. The van der Waals surface area contributed by atoms with Crippen molar-refractivity contribution in [1.29, 1.82) is 0 Å². The smallest absolute Gasteiger partial charge is 0.169 e. The van der Waals surface area contributed by atoms with Crippen LogP contribution in [-0.2, 0) is 12.8 Å². The van der Waals surface area contributed by atoms with Gasteiger partial charge in [-0.2, -0.15) is 0 Å². The summed E-state index contributed by atoms with van der Waals surface area (Å²) in [6.07, 6.45) is 10.1. The maximum atomic E-state index is 13.1. The van der Waals surface area contributed by atoms with Crippen molar-refractivity contribution in [2.75, 3.05) is 0 Å². The third-order valence-electron chi connectivity index (χ3n) is 5.63. The average Bonchev–Trinajstić information content (AvgIpc) is 3.04. The van der Waals surface area contributed by atoms with E-state index in [0.717, 1.165) is 31.2 Å². The van der Waals surface area contributed by atoms with Crippen molar-refractivity contribution in [3.05, 3.63) is 47.0 Å². The molecule has 0 saturated heterocycles. The molecule has 0 aliphatic heterocycles. The fourth-order valence-electron chi connectivity index (χ4n) is 4.52. The van der Waals surface area contributed by atoms with E-state index in [0.29, 0.717) is 17.6 Å². The molecule has 3 aliphatic carbocycles. The van der Waals surface area contributed by atoms with E-state index in [1.807, 2.05) is 0 Å². The van der Waals surface area contributed by atoms with Gasteiger partial charge in [-0.1, -0.05) is 31.2 Å². The summed E-state index contributed by atoms with van der Waals surface area (Å²) in [5, 5.41) is 0. The van der Waals surface area contributed by atoms with E-state index in [9.17, 15) is 4.79 Å². The first kappa shape index (κ1) is 11.5. The van der Waals surface area contributed by atoms with Gasteiger partial charge in [0.2, 0.25) is 0 Å². The molecular weight excluding hydrogens is 232 g/mol. The number of ketones is 1. The molecule has 2 bridgehead atoms. The minimum absolute atomic E-state index is 0.0429. The highest BCUT2D eigenvalue weighted by Gasteiger charge is 2.54. The molecule has 1 spiro atoms. The van der Waals surface area contributed by atoms with Crippen molar-refractivity contribution in [3.8, 4) is 0 Å². The van der Waals surface area contributed by atoms with Crippen LogP contribution in [0.15, 0.2) is 30.4 Å². The second-order valence-corrected chi connectivity index (χ2v) is 6.52. The predicted octanol–water partition coefficient (Wildman–Crippen LogP) is 3.96. The van der Waals surface area contributed by atoms with Gasteiger partial charge < -0.3 is 0 Å². The average molecular weight is 252 g/mol. The monoisotopic (exact) mass is 252 g/mol. The van der Waals surface area contributed by atoms with E-state index in [-0.39, 0.29) is 5.41 Å².